The van der Waals surface area contributed by atoms with Crippen molar-refractivity contribution in [3.05, 3.63) is 58.1 Å². The van der Waals surface area contributed by atoms with Crippen LogP contribution in [0.2, 0.25) is 0 Å². The summed E-state index contributed by atoms with van der Waals surface area (Å²) in [6, 6.07) is 8.60. The number of benzene rings is 1. The molecule has 0 atom stereocenters. The molecule has 1 heterocycles. The number of nitrogens with zero attached hydrogens (tertiary/aromatic N) is 2. The normalized spacial score (nSPS) is 10.4. The van der Waals surface area contributed by atoms with E-state index in [9.17, 15) is 9.18 Å². The molecule has 0 spiro atoms. The Morgan fingerprint density at radius 3 is 2.81 bits per heavy atom. The number of carbonyl (C=O) groups excluding carboxylic acids is 1. The third-order valence-corrected chi connectivity index (χ3v) is 3.58. The van der Waals surface area contributed by atoms with Crippen molar-refractivity contribution in [2.75, 3.05) is 18.5 Å². The summed E-state index contributed by atoms with van der Waals surface area (Å²) in [5, 5.41) is 0. The first-order chi connectivity index (χ1) is 9.99. The first-order valence-corrected chi connectivity index (χ1v) is 7.18. The Kier molecular flexibility index (Phi) is 4.90. The monoisotopic (exact) mass is 351 g/mol. The molecule has 2 aromatic rings. The van der Waals surface area contributed by atoms with Gasteiger partial charge in [-0.15, -0.1) is 0 Å². The molecule has 6 heteroatoms. The molecule has 0 radical (unpaired) electrons. The predicted molar refractivity (Wildman–Crippen MR) is 83.8 cm³/mol. The third-order valence-electron chi connectivity index (χ3n) is 3.12. The first-order valence-electron chi connectivity index (χ1n) is 6.39. The zero-order valence-corrected chi connectivity index (χ0v) is 13.1. The second-order valence-corrected chi connectivity index (χ2v) is 5.55. The maximum absolute atomic E-state index is 13.9. The number of hydrogen-bond donors (Lipinski definition) is 1. The molecule has 1 amide bonds. The van der Waals surface area contributed by atoms with Crippen molar-refractivity contribution in [3.63, 3.8) is 0 Å². The molecule has 0 saturated carbocycles. The van der Waals surface area contributed by atoms with Gasteiger partial charge in [0.15, 0.2) is 0 Å². The van der Waals surface area contributed by atoms with Crippen molar-refractivity contribution in [2.24, 2.45) is 5.73 Å². The highest BCUT2D eigenvalue weighted by molar-refractivity contribution is 9.10. The zero-order chi connectivity index (χ0) is 15.4. The number of halogens is 2. The fourth-order valence-corrected chi connectivity index (χ4v) is 2.47. The van der Waals surface area contributed by atoms with Gasteiger partial charge in [-0.3, -0.25) is 9.78 Å². The number of nitrogens with two attached hydrogens (primary N) is 1. The van der Waals surface area contributed by atoms with Crippen molar-refractivity contribution >= 4 is 27.5 Å². The van der Waals surface area contributed by atoms with Gasteiger partial charge in [0.05, 0.1) is 11.3 Å². The van der Waals surface area contributed by atoms with Gasteiger partial charge in [-0.05, 0) is 24.3 Å². The van der Waals surface area contributed by atoms with Crippen LogP contribution in [0.25, 0.3) is 0 Å². The highest BCUT2D eigenvalue weighted by Gasteiger charge is 2.18. The summed E-state index contributed by atoms with van der Waals surface area (Å²) in [5.41, 5.74) is 6.58. The van der Waals surface area contributed by atoms with Gasteiger partial charge >= 0.3 is 0 Å². The summed E-state index contributed by atoms with van der Waals surface area (Å²) >= 11 is 3.23. The van der Waals surface area contributed by atoms with Crippen LogP contribution < -0.4 is 10.6 Å². The lowest BCUT2D eigenvalue weighted by Gasteiger charge is -2.22. The quantitative estimate of drug-likeness (QED) is 0.900. The van der Waals surface area contributed by atoms with E-state index < -0.39 is 11.7 Å². The van der Waals surface area contributed by atoms with Crippen molar-refractivity contribution in [1.82, 2.24) is 4.98 Å². The molecular weight excluding hydrogens is 337 g/mol. The van der Waals surface area contributed by atoms with Crippen LogP contribution in [0.15, 0.2) is 41.0 Å². The van der Waals surface area contributed by atoms with Crippen LogP contribution in [0.1, 0.15) is 16.1 Å². The number of likely N-dealkylation sites (N-methyl/N-ethyl adjacent to an activating group) is 1. The number of hydrogen-bond acceptors (Lipinski definition) is 3. The molecule has 0 saturated heterocycles. The van der Waals surface area contributed by atoms with E-state index in [0.717, 1.165) is 5.69 Å². The molecule has 0 fully saturated rings. The summed E-state index contributed by atoms with van der Waals surface area (Å²) < 4.78 is 14.5. The summed E-state index contributed by atoms with van der Waals surface area (Å²) in [6.07, 6.45) is 2.41. The fourth-order valence-electron chi connectivity index (χ4n) is 2.05. The minimum atomic E-state index is -0.778. The fraction of sp³-hybridized carbons (Fsp3) is 0.200. The Morgan fingerprint density at radius 2 is 2.19 bits per heavy atom. The number of carbonyl (C=O) groups is 1. The average molecular weight is 352 g/mol. The number of aromatic nitrogens is 1. The molecule has 0 unspecified atom stereocenters. The van der Waals surface area contributed by atoms with Gasteiger partial charge in [-0.1, -0.05) is 22.0 Å². The van der Waals surface area contributed by atoms with Crippen LogP contribution in [0.5, 0.6) is 0 Å². The van der Waals surface area contributed by atoms with Crippen molar-refractivity contribution in [3.8, 4) is 0 Å². The lowest BCUT2D eigenvalue weighted by atomic mass is 10.1. The molecule has 110 valence electrons. The maximum Gasteiger partial charge on any atom is 0.253 e. The topological polar surface area (TPSA) is 59.2 Å². The summed E-state index contributed by atoms with van der Waals surface area (Å²) in [6.45, 7) is 0.590. The molecule has 0 aliphatic rings. The molecule has 4 nitrogen and oxygen atoms in total. The molecule has 1 aromatic carbocycles. The van der Waals surface area contributed by atoms with E-state index in [-0.39, 0.29) is 5.56 Å². The van der Waals surface area contributed by atoms with Crippen LogP contribution in [0.3, 0.4) is 0 Å². The van der Waals surface area contributed by atoms with Crippen molar-refractivity contribution in [2.45, 2.75) is 6.42 Å². The number of anilines is 1. The smallest absolute Gasteiger partial charge is 0.253 e. The van der Waals surface area contributed by atoms with E-state index in [1.54, 1.807) is 24.2 Å². The average Bonchev–Trinajstić information content (AvgIpc) is 2.44. The third kappa shape index (κ3) is 3.78. The Bertz CT molecular complexity index is 649. The lowest BCUT2D eigenvalue weighted by Crippen LogP contribution is -2.25. The predicted octanol–water partition coefficient (Wildman–Crippen LogP) is 2.76. The Balaban J connectivity index is 2.22. The second-order valence-electron chi connectivity index (χ2n) is 4.64. The van der Waals surface area contributed by atoms with Gasteiger partial charge in [0.1, 0.15) is 5.82 Å². The van der Waals surface area contributed by atoms with E-state index >= 15 is 0 Å². The molecule has 0 bridgehead atoms. The molecule has 0 aliphatic carbocycles. The van der Waals surface area contributed by atoms with Gasteiger partial charge in [0.25, 0.3) is 5.91 Å². The standard InChI is InChI=1S/C15H15BrFN3O/c1-20(7-5-11-4-2-3-6-19-11)13-9-10(16)8-12(17)14(13)15(18)21/h2-4,6,8-9H,5,7H2,1H3,(H2,18,21). The lowest BCUT2D eigenvalue weighted by molar-refractivity contribution is 0.0997. The van der Waals surface area contributed by atoms with Gasteiger partial charge in [-0.25, -0.2) is 4.39 Å². The first kappa shape index (κ1) is 15.4. The molecule has 2 rings (SSSR count). The molecule has 1 aromatic heterocycles. The van der Waals surface area contributed by atoms with Crippen LogP contribution in [0, 0.1) is 5.82 Å². The zero-order valence-electron chi connectivity index (χ0n) is 11.5. The Labute approximate surface area is 130 Å². The highest BCUT2D eigenvalue weighted by atomic mass is 79.9. The van der Waals surface area contributed by atoms with Gasteiger partial charge in [0.2, 0.25) is 0 Å². The number of primary amides is 1. The molecule has 2 N–H and O–H groups in total. The minimum absolute atomic E-state index is 0.0956. The van der Waals surface area contributed by atoms with Crippen LogP contribution in [-0.2, 0) is 6.42 Å². The van der Waals surface area contributed by atoms with Crippen LogP contribution >= 0.6 is 15.9 Å². The van der Waals surface area contributed by atoms with E-state index in [1.165, 1.54) is 6.07 Å². The van der Waals surface area contributed by atoms with Crippen molar-refractivity contribution < 1.29 is 9.18 Å². The SMILES string of the molecule is CN(CCc1ccccn1)c1cc(Br)cc(F)c1C(N)=O. The molecule has 21 heavy (non-hydrogen) atoms. The summed E-state index contributed by atoms with van der Waals surface area (Å²) in [4.78, 5) is 17.5. The van der Waals surface area contributed by atoms with Gasteiger partial charge < -0.3 is 10.6 Å². The van der Waals surface area contributed by atoms with E-state index in [1.807, 2.05) is 18.2 Å². The number of pyridine rings is 1. The van der Waals surface area contributed by atoms with Crippen LogP contribution in [0.4, 0.5) is 10.1 Å². The number of rotatable bonds is 5. The Hall–Kier alpha value is -1.95. The largest absolute Gasteiger partial charge is 0.373 e. The molecule has 0 aliphatic heterocycles. The second kappa shape index (κ2) is 6.67. The summed E-state index contributed by atoms with van der Waals surface area (Å²) in [7, 11) is 1.79. The van der Waals surface area contributed by atoms with Crippen LogP contribution in [-0.4, -0.2) is 24.5 Å². The minimum Gasteiger partial charge on any atom is -0.373 e. The summed E-state index contributed by atoms with van der Waals surface area (Å²) in [5.74, 6) is -1.41. The number of amides is 1. The maximum atomic E-state index is 13.9. The highest BCUT2D eigenvalue weighted by Crippen LogP contribution is 2.27. The van der Waals surface area contributed by atoms with E-state index in [0.29, 0.717) is 23.1 Å². The molecular formula is C15H15BrFN3O. The van der Waals surface area contributed by atoms with Crippen molar-refractivity contribution in [1.29, 1.82) is 0 Å². The van der Waals surface area contributed by atoms with E-state index in [2.05, 4.69) is 20.9 Å². The van der Waals surface area contributed by atoms with Gasteiger partial charge in [0, 0.05) is 36.4 Å². The van der Waals surface area contributed by atoms with Gasteiger partial charge in [-0.2, -0.15) is 0 Å². The Morgan fingerprint density at radius 1 is 1.43 bits per heavy atom. The van der Waals surface area contributed by atoms with E-state index in [4.69, 9.17) is 5.73 Å².